The van der Waals surface area contributed by atoms with Crippen molar-refractivity contribution in [3.05, 3.63) is 41.1 Å². The molecule has 2 aliphatic rings. The molecule has 0 bridgehead atoms. The Morgan fingerprint density at radius 3 is 2.23 bits per heavy atom. The minimum Gasteiger partial charge on any atom is -1.00 e. The first-order valence-electron chi connectivity index (χ1n) is 9.25. The van der Waals surface area contributed by atoms with Crippen LogP contribution >= 0.6 is 0 Å². The molecule has 1 aliphatic carbocycles. The predicted octanol–water partition coefficient (Wildman–Crippen LogP) is -1.09. The van der Waals surface area contributed by atoms with Crippen LogP contribution in [0.1, 0.15) is 45.6 Å². The molecule has 26 heavy (non-hydrogen) atoms. The standard InChI is InChI=1S/C14H17N.C6H16NSi.2ClH.Ti/c1-10-8-9-12-11-6-4-5-7-13(11)15(2,3)14(10)12;1-6(2,3)7-8(4)5;;;/h4-8,12H,9H2,1-3H3;8H,1-5H3;2*1H;/q+1;-1;;;+1/p-2. The second-order valence-corrected chi connectivity index (χ2v) is 14.9. The van der Waals surface area contributed by atoms with Gasteiger partial charge in [-0.1, -0.05) is 0 Å². The van der Waals surface area contributed by atoms with Crippen LogP contribution in [0.15, 0.2) is 35.5 Å². The van der Waals surface area contributed by atoms with Gasteiger partial charge in [0.25, 0.3) is 0 Å². The molecule has 3 rings (SSSR count). The number of hydrogen-bond donors (Lipinski definition) is 0. The number of benzene rings is 1. The second-order valence-electron chi connectivity index (χ2n) is 9.19. The van der Waals surface area contributed by atoms with Gasteiger partial charge in [0.05, 0.1) is 0 Å². The van der Waals surface area contributed by atoms with Crippen molar-refractivity contribution >= 4 is 14.6 Å². The van der Waals surface area contributed by atoms with Crippen LogP contribution in [0.4, 0.5) is 5.69 Å². The number of nitrogens with zero attached hydrogens (tertiary/aromatic N) is 2. The molecule has 0 N–H and O–H groups in total. The van der Waals surface area contributed by atoms with E-state index in [1.165, 1.54) is 12.1 Å². The third-order valence-electron chi connectivity index (χ3n) is 5.78. The van der Waals surface area contributed by atoms with E-state index in [0.29, 0.717) is 11.5 Å². The fraction of sp³-hybridized carbons (Fsp3) is 0.600. The maximum atomic E-state index is 2.94. The molecular weight excluding hydrogens is 415 g/mol. The molecule has 0 radical (unpaired) electrons. The van der Waals surface area contributed by atoms with E-state index >= 15 is 0 Å². The number of rotatable bonds is 3. The first kappa shape index (κ1) is 24.4. The van der Waals surface area contributed by atoms with Gasteiger partial charge in [-0.05, 0) is 0 Å². The zero-order valence-corrected chi connectivity index (χ0v) is 21.6. The van der Waals surface area contributed by atoms with Gasteiger partial charge in [0.1, 0.15) is 0 Å². The molecule has 2 unspecified atom stereocenters. The molecule has 2 nitrogen and oxygen atoms in total. The van der Waals surface area contributed by atoms with Crippen molar-refractivity contribution in [1.29, 1.82) is 0 Å². The van der Waals surface area contributed by atoms with Gasteiger partial charge in [-0.25, -0.2) is 0 Å². The summed E-state index contributed by atoms with van der Waals surface area (Å²) in [5.74, 6) is 0.667. The van der Waals surface area contributed by atoms with Crippen LogP contribution in [0.3, 0.4) is 0 Å². The zero-order valence-electron chi connectivity index (χ0n) is 17.4. The van der Waals surface area contributed by atoms with Crippen LogP contribution in [0.25, 0.3) is 0 Å². The minimum atomic E-state index is -0.765. The number of halogens is 2. The van der Waals surface area contributed by atoms with E-state index in [1.807, 2.05) is 0 Å². The average molecular weight is 448 g/mol. The van der Waals surface area contributed by atoms with Gasteiger partial charge in [-0.3, -0.25) is 0 Å². The largest absolute Gasteiger partial charge is 1.00 e. The summed E-state index contributed by atoms with van der Waals surface area (Å²) in [7, 11) is 4.01. The number of quaternary nitrogens is 1. The molecule has 0 amide bonds. The molecule has 0 saturated carbocycles. The van der Waals surface area contributed by atoms with Crippen LogP contribution in [-0.4, -0.2) is 31.6 Å². The van der Waals surface area contributed by atoms with E-state index in [1.54, 1.807) is 16.8 Å². The van der Waals surface area contributed by atoms with E-state index < -0.39 is 8.96 Å². The number of hydrogen-bond acceptors (Lipinski definition) is 1. The van der Waals surface area contributed by atoms with Gasteiger partial charge in [0, 0.05) is 0 Å². The number of likely N-dealkylation sites (N-methyl/N-ethyl adjacent to an activating group) is 1. The summed E-state index contributed by atoms with van der Waals surface area (Å²) in [6.45, 7) is 14.7. The first-order chi connectivity index (χ1) is 11.0. The molecule has 1 aromatic rings. The molecule has 0 spiro atoms. The van der Waals surface area contributed by atoms with Gasteiger partial charge in [-0.2, -0.15) is 0 Å². The Morgan fingerprint density at radius 1 is 1.12 bits per heavy atom. The van der Waals surface area contributed by atoms with Crippen LogP contribution in [0.5, 0.6) is 0 Å². The minimum absolute atomic E-state index is 0. The van der Waals surface area contributed by atoms with E-state index in [2.05, 4.69) is 82.2 Å². The molecule has 1 aliphatic heterocycles. The summed E-state index contributed by atoms with van der Waals surface area (Å²) in [5.41, 5.74) is 6.86. The Balaban J connectivity index is 0.00000169. The van der Waals surface area contributed by atoms with Gasteiger partial charge in [0.2, 0.25) is 0 Å². The van der Waals surface area contributed by atoms with Crippen molar-refractivity contribution in [3.63, 3.8) is 0 Å². The fourth-order valence-electron chi connectivity index (χ4n) is 4.94. The summed E-state index contributed by atoms with van der Waals surface area (Å²) in [5, 5.41) is 0. The van der Waals surface area contributed by atoms with Crippen LogP contribution in [0.2, 0.25) is 17.3 Å². The molecule has 0 aromatic heterocycles. The molecule has 0 fully saturated rings. The molecule has 0 saturated heterocycles. The van der Waals surface area contributed by atoms with Crippen molar-refractivity contribution in [1.82, 2.24) is 7.53 Å². The average Bonchev–Trinajstić information content (AvgIpc) is 2.90. The summed E-state index contributed by atoms with van der Waals surface area (Å²) >= 11 is -0.109. The second kappa shape index (κ2) is 8.41. The predicted molar refractivity (Wildman–Crippen MR) is 104 cm³/mol. The van der Waals surface area contributed by atoms with Crippen LogP contribution in [0, 0.1) is 0 Å². The number of para-hydroxylation sites is 1. The Hall–Kier alpha value is 0.391. The van der Waals surface area contributed by atoms with Crippen molar-refractivity contribution in [3.8, 4) is 0 Å². The van der Waals surface area contributed by atoms with E-state index in [9.17, 15) is 0 Å². The molecule has 1 heterocycles. The van der Waals surface area contributed by atoms with E-state index in [0.717, 1.165) is 8.71 Å². The third kappa shape index (κ3) is 4.05. The normalized spacial score (nSPS) is 23.5. The van der Waals surface area contributed by atoms with Crippen molar-refractivity contribution in [2.75, 3.05) is 14.1 Å². The number of fused-ring (bicyclic) bond motifs is 3. The van der Waals surface area contributed by atoms with Crippen molar-refractivity contribution in [2.45, 2.75) is 62.9 Å². The monoisotopic (exact) mass is 447 g/mol. The van der Waals surface area contributed by atoms with E-state index in [4.69, 9.17) is 0 Å². The van der Waals surface area contributed by atoms with Crippen LogP contribution in [-0.2, 0) is 19.4 Å². The molecule has 2 atom stereocenters. The molecule has 146 valence electrons. The Bertz CT molecular complexity index is 683. The SMILES string of the molecule is CC1=C2C(C[CH]1[Ti][N]([SiH](C)C)C(C)(C)C)c1ccccc1[N+]2(C)C.[Cl-].[Cl-]. The molecule has 6 heteroatoms. The number of allylic oxidation sites excluding steroid dienone is 2. The van der Waals surface area contributed by atoms with Crippen molar-refractivity contribution < 1.29 is 44.2 Å². The smallest absolute Gasteiger partial charge is 1.00 e. The maximum Gasteiger partial charge on any atom is -1.00 e. The summed E-state index contributed by atoms with van der Waals surface area (Å²) in [6, 6.07) is 9.14. The zero-order chi connectivity index (χ0) is 17.9. The van der Waals surface area contributed by atoms with Crippen LogP contribution < -0.4 is 29.3 Å². The Morgan fingerprint density at radius 2 is 1.69 bits per heavy atom. The van der Waals surface area contributed by atoms with Gasteiger partial charge in [-0.15, -0.1) is 0 Å². The topological polar surface area (TPSA) is 3.24 Å². The summed E-state index contributed by atoms with van der Waals surface area (Å²) in [4.78, 5) is 0. The van der Waals surface area contributed by atoms with Gasteiger partial charge < -0.3 is 24.8 Å². The summed E-state index contributed by atoms with van der Waals surface area (Å²) < 4.78 is 4.75. The molecule has 1 aromatic carbocycles. The van der Waals surface area contributed by atoms with Gasteiger partial charge in [0.15, 0.2) is 0 Å². The third-order valence-corrected chi connectivity index (χ3v) is 13.6. The van der Waals surface area contributed by atoms with Crippen molar-refractivity contribution in [2.24, 2.45) is 0 Å². The van der Waals surface area contributed by atoms with E-state index in [-0.39, 0.29) is 44.2 Å². The molecular formula is C20H33Cl2N2SiTi-. The maximum absolute atomic E-state index is 2.94. The fourth-order valence-corrected chi connectivity index (χ4v) is 11.1. The van der Waals surface area contributed by atoms with Gasteiger partial charge >= 0.3 is 160 Å². The quantitative estimate of drug-likeness (QED) is 0.420. The Kier molecular flexibility index (Phi) is 7.90. The first-order valence-corrected chi connectivity index (χ1v) is 13.7. The Labute approximate surface area is 183 Å². The summed E-state index contributed by atoms with van der Waals surface area (Å²) in [6.07, 6.45) is 1.35.